The number of hydrogen-bond donors (Lipinski definition) is 0. The topological polar surface area (TPSA) is 36.0 Å². The van der Waals surface area contributed by atoms with Crippen molar-refractivity contribution in [1.29, 1.82) is 0 Å². The van der Waals surface area contributed by atoms with Crippen molar-refractivity contribution in [2.24, 2.45) is 0 Å². The van der Waals surface area contributed by atoms with Crippen molar-refractivity contribution >= 4 is 10.8 Å². The summed E-state index contributed by atoms with van der Waals surface area (Å²) in [5.74, 6) is 0. The van der Waals surface area contributed by atoms with Gasteiger partial charge >= 0.3 is 0 Å². The number of rotatable bonds is 7. The van der Waals surface area contributed by atoms with Gasteiger partial charge in [-0.25, -0.2) is 4.98 Å². The van der Waals surface area contributed by atoms with Gasteiger partial charge in [0.2, 0.25) is 5.01 Å². The van der Waals surface area contributed by atoms with Crippen LogP contribution in [0.25, 0.3) is 0 Å². The zero-order chi connectivity index (χ0) is 10.2. The van der Waals surface area contributed by atoms with E-state index in [1.807, 2.05) is 0 Å². The van der Waals surface area contributed by atoms with E-state index in [1.165, 1.54) is 32.1 Å². The molecule has 0 bridgehead atoms. The molecule has 2 nitrogen and oxygen atoms in total. The number of aromatic nitrogens is 1. The Morgan fingerprint density at radius 2 is 1.93 bits per heavy atom. The molecule has 14 heavy (non-hydrogen) atoms. The van der Waals surface area contributed by atoms with Gasteiger partial charge in [0.15, 0.2) is 5.38 Å². The summed E-state index contributed by atoms with van der Waals surface area (Å²) in [4.78, 5) is 4.09. The molecule has 0 aliphatic heterocycles. The van der Waals surface area contributed by atoms with Crippen LogP contribution in [0.5, 0.6) is 0 Å². The number of aryl methyl sites for hydroxylation is 1. The third-order valence-electron chi connectivity index (χ3n) is 2.38. The molecule has 0 N–H and O–H groups in total. The third kappa shape index (κ3) is 4.20. The molecule has 1 aromatic rings. The molecule has 1 unspecified atom stereocenters. The van der Waals surface area contributed by atoms with Crippen LogP contribution >= 0.6 is 10.8 Å². The standard InChI is InChI=1S/C11H19NOS/c1-2-3-4-5-6-7-8-11-12-9-10-14(11)13/h9-10H,2-8H2,1H3. The van der Waals surface area contributed by atoms with Crippen molar-refractivity contribution in [2.75, 3.05) is 0 Å². The smallest absolute Gasteiger partial charge is 0.241 e. The summed E-state index contributed by atoms with van der Waals surface area (Å²) < 4.78 is 11.2. The third-order valence-corrected chi connectivity index (χ3v) is 3.52. The molecule has 0 aliphatic rings. The molecule has 1 aromatic heterocycles. The SMILES string of the molecule is CCCCCCCCc1ncc[s+]1[O-]. The predicted octanol–water partition coefficient (Wildman–Crippen LogP) is 3.71. The number of hydrogen-bond acceptors (Lipinski definition) is 2. The lowest BCUT2D eigenvalue weighted by atomic mass is 10.1. The van der Waals surface area contributed by atoms with Gasteiger partial charge in [-0.1, -0.05) is 39.0 Å². The second-order valence-corrected chi connectivity index (χ2v) is 4.96. The second-order valence-electron chi connectivity index (χ2n) is 3.62. The molecule has 0 amide bonds. The highest BCUT2D eigenvalue weighted by molar-refractivity contribution is 7.23. The van der Waals surface area contributed by atoms with E-state index in [9.17, 15) is 4.55 Å². The summed E-state index contributed by atoms with van der Waals surface area (Å²) in [5, 5.41) is 2.52. The Balaban J connectivity index is 2.02. The number of unbranched alkanes of at least 4 members (excludes halogenated alkanes) is 5. The van der Waals surface area contributed by atoms with Gasteiger partial charge in [0.1, 0.15) is 0 Å². The highest BCUT2D eigenvalue weighted by atomic mass is 32.2. The lowest BCUT2D eigenvalue weighted by molar-refractivity contribution is 0.586. The molecular weight excluding hydrogens is 194 g/mol. The first-order valence-electron chi connectivity index (χ1n) is 5.48. The van der Waals surface area contributed by atoms with Gasteiger partial charge in [0.05, 0.1) is 6.20 Å². The fourth-order valence-electron chi connectivity index (χ4n) is 1.52. The monoisotopic (exact) mass is 213 g/mol. The maximum atomic E-state index is 11.2. The predicted molar refractivity (Wildman–Crippen MR) is 60.0 cm³/mol. The van der Waals surface area contributed by atoms with Crippen LogP contribution in [0.3, 0.4) is 0 Å². The van der Waals surface area contributed by atoms with E-state index < -0.39 is 10.8 Å². The molecule has 1 atom stereocenters. The minimum atomic E-state index is -0.900. The zero-order valence-electron chi connectivity index (χ0n) is 8.87. The Morgan fingerprint density at radius 3 is 2.57 bits per heavy atom. The molecule has 1 rings (SSSR count). The van der Waals surface area contributed by atoms with Crippen LogP contribution in [-0.2, 0) is 6.42 Å². The molecular formula is C11H19NOS. The van der Waals surface area contributed by atoms with Crippen molar-refractivity contribution < 1.29 is 4.55 Å². The molecule has 3 heteroatoms. The summed E-state index contributed by atoms with van der Waals surface area (Å²) in [6.45, 7) is 2.22. The van der Waals surface area contributed by atoms with Crippen LogP contribution in [0.15, 0.2) is 11.6 Å². The highest BCUT2D eigenvalue weighted by Crippen LogP contribution is 2.19. The first-order chi connectivity index (χ1) is 6.84. The fourth-order valence-corrected chi connectivity index (χ4v) is 2.36. The average Bonchev–Trinajstić information content (AvgIpc) is 2.58. The molecule has 0 aromatic carbocycles. The van der Waals surface area contributed by atoms with Crippen LogP contribution in [-0.4, -0.2) is 9.54 Å². The van der Waals surface area contributed by atoms with Crippen LogP contribution in [0.1, 0.15) is 50.5 Å². The lowest BCUT2D eigenvalue weighted by Gasteiger charge is -1.98. The molecule has 1 heterocycles. The normalized spacial score (nSPS) is 12.0. The van der Waals surface area contributed by atoms with Gasteiger partial charge in [-0.3, -0.25) is 0 Å². The molecule has 0 aliphatic carbocycles. The maximum Gasteiger partial charge on any atom is 0.241 e. The van der Waals surface area contributed by atoms with Crippen LogP contribution in [0, 0.1) is 0 Å². The van der Waals surface area contributed by atoms with Gasteiger partial charge in [0, 0.05) is 6.42 Å². The van der Waals surface area contributed by atoms with E-state index in [0.29, 0.717) is 0 Å². The number of thiazole rings is 1. The Hall–Kier alpha value is -0.410. The largest absolute Gasteiger partial charge is 0.589 e. The van der Waals surface area contributed by atoms with Crippen LogP contribution in [0.4, 0.5) is 0 Å². The van der Waals surface area contributed by atoms with E-state index in [4.69, 9.17) is 0 Å². The molecule has 0 fully saturated rings. The van der Waals surface area contributed by atoms with Gasteiger partial charge in [-0.05, 0) is 17.2 Å². The average molecular weight is 213 g/mol. The quantitative estimate of drug-likeness (QED) is 0.511. The summed E-state index contributed by atoms with van der Waals surface area (Å²) >= 11 is 0. The van der Waals surface area contributed by atoms with Crippen LogP contribution < -0.4 is 0 Å². The van der Waals surface area contributed by atoms with Crippen molar-refractivity contribution in [3.05, 3.63) is 16.6 Å². The first kappa shape index (κ1) is 11.7. The Labute approximate surface area is 89.2 Å². The van der Waals surface area contributed by atoms with Crippen molar-refractivity contribution in [2.45, 2.75) is 51.9 Å². The second kappa shape index (κ2) is 6.96. The maximum absolute atomic E-state index is 11.2. The Kier molecular flexibility index (Phi) is 5.80. The molecule has 0 spiro atoms. The van der Waals surface area contributed by atoms with E-state index in [0.717, 1.165) is 17.8 Å². The Bertz CT molecular complexity index is 247. The van der Waals surface area contributed by atoms with Gasteiger partial charge in [-0.2, -0.15) is 0 Å². The highest BCUT2D eigenvalue weighted by Gasteiger charge is 2.05. The van der Waals surface area contributed by atoms with E-state index in [-0.39, 0.29) is 0 Å². The molecule has 0 saturated carbocycles. The summed E-state index contributed by atoms with van der Waals surface area (Å²) in [7, 11) is -0.900. The van der Waals surface area contributed by atoms with Crippen molar-refractivity contribution in [3.8, 4) is 0 Å². The van der Waals surface area contributed by atoms with E-state index >= 15 is 0 Å². The first-order valence-corrected chi connectivity index (χ1v) is 6.70. The fraction of sp³-hybridized carbons (Fsp3) is 0.727. The molecule has 80 valence electrons. The molecule has 0 radical (unpaired) electrons. The van der Waals surface area contributed by atoms with E-state index in [2.05, 4.69) is 11.9 Å². The molecule has 0 saturated heterocycles. The number of nitrogens with zero attached hydrogens (tertiary/aromatic N) is 1. The van der Waals surface area contributed by atoms with Gasteiger partial charge in [0.25, 0.3) is 0 Å². The van der Waals surface area contributed by atoms with Crippen LogP contribution in [0.2, 0.25) is 0 Å². The zero-order valence-corrected chi connectivity index (χ0v) is 9.68. The summed E-state index contributed by atoms with van der Waals surface area (Å²) in [6, 6.07) is 0. The summed E-state index contributed by atoms with van der Waals surface area (Å²) in [5.41, 5.74) is 0. The Morgan fingerprint density at radius 1 is 1.21 bits per heavy atom. The van der Waals surface area contributed by atoms with Gasteiger partial charge in [-0.15, -0.1) is 0 Å². The van der Waals surface area contributed by atoms with Crippen molar-refractivity contribution in [3.63, 3.8) is 0 Å². The van der Waals surface area contributed by atoms with Crippen molar-refractivity contribution in [1.82, 2.24) is 4.98 Å². The van der Waals surface area contributed by atoms with E-state index in [1.54, 1.807) is 11.6 Å². The lowest BCUT2D eigenvalue weighted by Crippen LogP contribution is -1.86. The van der Waals surface area contributed by atoms with Gasteiger partial charge < -0.3 is 4.55 Å². The summed E-state index contributed by atoms with van der Waals surface area (Å²) in [6.07, 6.45) is 10.2. The minimum absolute atomic E-state index is 0.862. The minimum Gasteiger partial charge on any atom is -0.589 e.